The van der Waals surface area contributed by atoms with Crippen molar-refractivity contribution in [2.24, 2.45) is 5.92 Å². The van der Waals surface area contributed by atoms with E-state index < -0.39 is 0 Å². The van der Waals surface area contributed by atoms with Crippen molar-refractivity contribution in [3.63, 3.8) is 0 Å². The minimum absolute atomic E-state index is 0.0257. The predicted octanol–water partition coefficient (Wildman–Crippen LogP) is 2.64. The van der Waals surface area contributed by atoms with Crippen LogP contribution in [0.5, 0.6) is 5.75 Å². The van der Waals surface area contributed by atoms with Gasteiger partial charge in [0.1, 0.15) is 5.75 Å². The third-order valence-corrected chi connectivity index (χ3v) is 3.69. The number of urea groups is 1. The van der Waals surface area contributed by atoms with E-state index in [1.54, 1.807) is 7.11 Å². The highest BCUT2D eigenvalue weighted by Crippen LogP contribution is 2.18. The molecule has 4 nitrogen and oxygen atoms in total. The molecule has 0 aliphatic carbocycles. The van der Waals surface area contributed by atoms with Gasteiger partial charge in [0, 0.05) is 25.2 Å². The Balaban J connectivity index is 1.86. The summed E-state index contributed by atoms with van der Waals surface area (Å²) >= 11 is 0. The van der Waals surface area contributed by atoms with Crippen molar-refractivity contribution in [2.75, 3.05) is 20.2 Å². The summed E-state index contributed by atoms with van der Waals surface area (Å²) in [6.07, 6.45) is 2.20. The Morgan fingerprint density at radius 3 is 2.74 bits per heavy atom. The first-order valence-corrected chi connectivity index (χ1v) is 6.85. The van der Waals surface area contributed by atoms with Crippen LogP contribution in [0.1, 0.15) is 25.3 Å². The van der Waals surface area contributed by atoms with E-state index in [4.69, 9.17) is 4.74 Å². The zero-order valence-corrected chi connectivity index (χ0v) is 11.7. The fourth-order valence-corrected chi connectivity index (χ4v) is 2.34. The quantitative estimate of drug-likeness (QED) is 0.910. The lowest BCUT2D eigenvalue weighted by Gasteiger charge is -2.30. The molecule has 1 aliphatic heterocycles. The van der Waals surface area contributed by atoms with Crippen LogP contribution in [0.2, 0.25) is 0 Å². The zero-order chi connectivity index (χ0) is 13.7. The number of methoxy groups -OCH3 is 1. The Labute approximate surface area is 114 Å². The van der Waals surface area contributed by atoms with E-state index >= 15 is 0 Å². The highest BCUT2D eigenvalue weighted by atomic mass is 16.5. The van der Waals surface area contributed by atoms with Crippen LogP contribution in [0.4, 0.5) is 4.79 Å². The second-order valence-corrected chi connectivity index (χ2v) is 5.14. The van der Waals surface area contributed by atoms with Gasteiger partial charge in [-0.3, -0.25) is 0 Å². The van der Waals surface area contributed by atoms with Gasteiger partial charge in [0.05, 0.1) is 7.11 Å². The maximum absolute atomic E-state index is 12.1. The predicted molar refractivity (Wildman–Crippen MR) is 75.2 cm³/mol. The molecule has 0 atom stereocenters. The first-order chi connectivity index (χ1) is 9.20. The molecule has 2 amide bonds. The largest absolute Gasteiger partial charge is 0.496 e. The molecule has 1 heterocycles. The summed E-state index contributed by atoms with van der Waals surface area (Å²) < 4.78 is 5.27. The average molecular weight is 262 g/mol. The van der Waals surface area contributed by atoms with Gasteiger partial charge in [-0.1, -0.05) is 25.1 Å². The van der Waals surface area contributed by atoms with E-state index in [0.29, 0.717) is 6.54 Å². The van der Waals surface area contributed by atoms with Crippen LogP contribution in [-0.4, -0.2) is 31.1 Å². The summed E-state index contributed by atoms with van der Waals surface area (Å²) in [6.45, 7) is 4.47. The van der Waals surface area contributed by atoms with Crippen molar-refractivity contribution in [3.05, 3.63) is 29.8 Å². The van der Waals surface area contributed by atoms with E-state index in [9.17, 15) is 4.79 Å². The van der Waals surface area contributed by atoms with Gasteiger partial charge in [0.25, 0.3) is 0 Å². The molecule has 1 fully saturated rings. The Hall–Kier alpha value is -1.71. The topological polar surface area (TPSA) is 41.6 Å². The first kappa shape index (κ1) is 13.7. The summed E-state index contributed by atoms with van der Waals surface area (Å²) in [5.74, 6) is 1.55. The van der Waals surface area contributed by atoms with Crippen molar-refractivity contribution in [3.8, 4) is 5.75 Å². The Morgan fingerprint density at radius 1 is 1.37 bits per heavy atom. The van der Waals surface area contributed by atoms with E-state index in [2.05, 4.69) is 12.2 Å². The molecular weight excluding hydrogens is 240 g/mol. The summed E-state index contributed by atoms with van der Waals surface area (Å²) in [5.41, 5.74) is 1.00. The minimum Gasteiger partial charge on any atom is -0.496 e. The SMILES string of the molecule is COc1ccccc1CNC(=O)N1CCC(C)CC1. The Kier molecular flexibility index (Phi) is 4.66. The van der Waals surface area contributed by atoms with Crippen LogP contribution in [-0.2, 0) is 6.54 Å². The number of nitrogens with one attached hydrogen (secondary N) is 1. The molecule has 0 aromatic heterocycles. The highest BCUT2D eigenvalue weighted by Gasteiger charge is 2.19. The lowest BCUT2D eigenvalue weighted by Crippen LogP contribution is -2.43. The van der Waals surface area contributed by atoms with Crippen LogP contribution in [0, 0.1) is 5.92 Å². The zero-order valence-electron chi connectivity index (χ0n) is 11.7. The molecule has 0 bridgehead atoms. The average Bonchev–Trinajstić information content (AvgIpc) is 2.45. The number of para-hydroxylation sites is 1. The second-order valence-electron chi connectivity index (χ2n) is 5.14. The van der Waals surface area contributed by atoms with Crippen LogP contribution >= 0.6 is 0 Å². The molecule has 0 radical (unpaired) electrons. The number of carbonyl (C=O) groups excluding carboxylic acids is 1. The molecule has 2 rings (SSSR count). The maximum Gasteiger partial charge on any atom is 0.317 e. The molecule has 0 saturated carbocycles. The van der Waals surface area contributed by atoms with Crippen LogP contribution in [0.15, 0.2) is 24.3 Å². The molecule has 0 unspecified atom stereocenters. The fraction of sp³-hybridized carbons (Fsp3) is 0.533. The molecule has 1 saturated heterocycles. The number of hydrogen-bond acceptors (Lipinski definition) is 2. The van der Waals surface area contributed by atoms with Crippen LogP contribution in [0.3, 0.4) is 0 Å². The number of hydrogen-bond donors (Lipinski definition) is 1. The van der Waals surface area contributed by atoms with Crippen molar-refractivity contribution in [1.82, 2.24) is 10.2 Å². The van der Waals surface area contributed by atoms with E-state index in [1.165, 1.54) is 0 Å². The monoisotopic (exact) mass is 262 g/mol. The highest BCUT2D eigenvalue weighted by molar-refractivity contribution is 5.74. The summed E-state index contributed by atoms with van der Waals surface area (Å²) in [4.78, 5) is 13.9. The normalized spacial score (nSPS) is 16.2. The lowest BCUT2D eigenvalue weighted by molar-refractivity contribution is 0.173. The summed E-state index contributed by atoms with van der Waals surface area (Å²) in [6, 6.07) is 7.78. The number of rotatable bonds is 3. The van der Waals surface area contributed by atoms with E-state index in [-0.39, 0.29) is 6.03 Å². The Bertz CT molecular complexity index is 426. The molecule has 1 aromatic carbocycles. The molecule has 4 heteroatoms. The van der Waals surface area contributed by atoms with E-state index in [1.807, 2.05) is 29.2 Å². The van der Waals surface area contributed by atoms with E-state index in [0.717, 1.165) is 43.2 Å². The smallest absolute Gasteiger partial charge is 0.317 e. The summed E-state index contributed by atoms with van der Waals surface area (Å²) in [7, 11) is 1.65. The molecule has 1 aliphatic rings. The van der Waals surface area contributed by atoms with Gasteiger partial charge in [-0.05, 0) is 24.8 Å². The molecule has 1 N–H and O–H groups in total. The molecular formula is C15H22N2O2. The molecule has 1 aromatic rings. The van der Waals surface area contributed by atoms with Crippen molar-refractivity contribution in [1.29, 1.82) is 0 Å². The van der Waals surface area contributed by atoms with Crippen molar-refractivity contribution in [2.45, 2.75) is 26.3 Å². The Morgan fingerprint density at radius 2 is 2.05 bits per heavy atom. The number of nitrogens with zero attached hydrogens (tertiary/aromatic N) is 1. The van der Waals surface area contributed by atoms with Gasteiger partial charge in [-0.25, -0.2) is 4.79 Å². The standard InChI is InChI=1S/C15H22N2O2/c1-12-7-9-17(10-8-12)15(18)16-11-13-5-3-4-6-14(13)19-2/h3-6,12H,7-11H2,1-2H3,(H,16,18). The van der Waals surface area contributed by atoms with Gasteiger partial charge in [0.2, 0.25) is 0 Å². The number of carbonyl (C=O) groups is 1. The number of piperidine rings is 1. The number of amides is 2. The minimum atomic E-state index is 0.0257. The fourth-order valence-electron chi connectivity index (χ4n) is 2.34. The molecule has 0 spiro atoms. The van der Waals surface area contributed by atoms with Gasteiger partial charge >= 0.3 is 6.03 Å². The first-order valence-electron chi connectivity index (χ1n) is 6.85. The van der Waals surface area contributed by atoms with Crippen molar-refractivity contribution >= 4 is 6.03 Å². The third kappa shape index (κ3) is 3.63. The van der Waals surface area contributed by atoms with Gasteiger partial charge in [0.15, 0.2) is 0 Å². The lowest BCUT2D eigenvalue weighted by atomic mass is 10.00. The number of ether oxygens (including phenoxy) is 1. The van der Waals surface area contributed by atoms with Crippen molar-refractivity contribution < 1.29 is 9.53 Å². The number of likely N-dealkylation sites (tertiary alicyclic amines) is 1. The van der Waals surface area contributed by atoms with Crippen LogP contribution in [0.25, 0.3) is 0 Å². The van der Waals surface area contributed by atoms with Crippen LogP contribution < -0.4 is 10.1 Å². The maximum atomic E-state index is 12.1. The van der Waals surface area contributed by atoms with Gasteiger partial charge < -0.3 is 15.0 Å². The number of benzene rings is 1. The molecule has 104 valence electrons. The second kappa shape index (κ2) is 6.45. The third-order valence-electron chi connectivity index (χ3n) is 3.69. The molecule has 19 heavy (non-hydrogen) atoms. The summed E-state index contributed by atoms with van der Waals surface area (Å²) in [5, 5.41) is 2.97. The van der Waals surface area contributed by atoms with Gasteiger partial charge in [-0.15, -0.1) is 0 Å². The van der Waals surface area contributed by atoms with Gasteiger partial charge in [-0.2, -0.15) is 0 Å².